The smallest absolute Gasteiger partial charge is 0.224 e. The predicted octanol–water partition coefficient (Wildman–Crippen LogP) is 3.49. The Hall–Kier alpha value is -0.0500. The molecule has 0 aromatic heterocycles. The highest BCUT2D eigenvalue weighted by Gasteiger charge is 2.68. The summed E-state index contributed by atoms with van der Waals surface area (Å²) in [7, 11) is 0. The molecule has 3 heteroatoms. The first-order valence-corrected chi connectivity index (χ1v) is 7.63. The molecule has 0 atom stereocenters. The lowest BCUT2D eigenvalue weighted by Crippen LogP contribution is -2.39. The Morgan fingerprint density at radius 2 is 1.53 bits per heavy atom. The molecule has 0 saturated heterocycles. The van der Waals surface area contributed by atoms with Crippen molar-refractivity contribution in [1.82, 2.24) is 5.32 Å². The number of hydrogen-bond acceptors (Lipinski definition) is 1. The zero-order valence-corrected chi connectivity index (χ0v) is 12.9. The number of nitrogens with one attached hydrogen (secondary N) is 1. The molecular formula is C14H24BrNO. The van der Waals surface area contributed by atoms with Crippen LogP contribution in [0, 0.1) is 16.7 Å². The summed E-state index contributed by atoms with van der Waals surface area (Å²) in [5, 5.41) is 3.25. The van der Waals surface area contributed by atoms with Gasteiger partial charge in [-0.1, -0.05) is 43.6 Å². The highest BCUT2D eigenvalue weighted by Crippen LogP contribution is 2.68. The minimum absolute atomic E-state index is 0.156. The van der Waals surface area contributed by atoms with Gasteiger partial charge in [0.15, 0.2) is 0 Å². The molecule has 0 unspecified atom stereocenters. The van der Waals surface area contributed by atoms with Crippen molar-refractivity contribution in [2.45, 2.75) is 64.2 Å². The molecule has 0 bridgehead atoms. The molecule has 2 rings (SSSR count). The number of hydrogen-bond donors (Lipinski definition) is 1. The first-order valence-electron chi connectivity index (χ1n) is 6.71. The average Bonchev–Trinajstić information content (AvgIpc) is 2.61. The van der Waals surface area contributed by atoms with Gasteiger partial charge in [-0.15, -0.1) is 0 Å². The standard InChI is InChI=1S/C14H24BrNO/c1-13(2)11(14(13,3)4)12(17)16-10-7-5-9(15)6-8-10/h9-11H,5-8H2,1-4H3,(H,16,17). The van der Waals surface area contributed by atoms with E-state index < -0.39 is 0 Å². The fourth-order valence-corrected chi connectivity index (χ4v) is 3.86. The molecule has 2 saturated carbocycles. The Bertz CT molecular complexity index is 302. The minimum atomic E-state index is 0.156. The molecule has 1 N–H and O–H groups in total. The van der Waals surface area contributed by atoms with E-state index in [0.717, 1.165) is 12.8 Å². The Kier molecular flexibility index (Phi) is 3.35. The van der Waals surface area contributed by atoms with Gasteiger partial charge in [-0.2, -0.15) is 0 Å². The van der Waals surface area contributed by atoms with Gasteiger partial charge in [-0.3, -0.25) is 4.79 Å². The van der Waals surface area contributed by atoms with Gasteiger partial charge in [0.25, 0.3) is 0 Å². The number of alkyl halides is 1. The third kappa shape index (κ3) is 2.27. The monoisotopic (exact) mass is 301 g/mol. The van der Waals surface area contributed by atoms with Crippen molar-refractivity contribution in [2.24, 2.45) is 16.7 Å². The molecule has 2 nitrogen and oxygen atoms in total. The van der Waals surface area contributed by atoms with E-state index in [1.54, 1.807) is 0 Å². The second-order valence-corrected chi connectivity index (χ2v) is 8.13. The molecule has 98 valence electrons. The molecular weight excluding hydrogens is 278 g/mol. The molecule has 1 amide bonds. The Morgan fingerprint density at radius 1 is 1.06 bits per heavy atom. The average molecular weight is 302 g/mol. The second kappa shape index (κ2) is 4.25. The van der Waals surface area contributed by atoms with E-state index in [9.17, 15) is 4.79 Å². The Labute approximate surface area is 113 Å². The van der Waals surface area contributed by atoms with Crippen molar-refractivity contribution in [1.29, 1.82) is 0 Å². The van der Waals surface area contributed by atoms with E-state index in [-0.39, 0.29) is 22.7 Å². The lowest BCUT2D eigenvalue weighted by atomic mass is 9.95. The molecule has 17 heavy (non-hydrogen) atoms. The lowest BCUT2D eigenvalue weighted by Gasteiger charge is -2.26. The lowest BCUT2D eigenvalue weighted by molar-refractivity contribution is -0.124. The van der Waals surface area contributed by atoms with Crippen LogP contribution in [-0.4, -0.2) is 16.8 Å². The SMILES string of the molecule is CC1(C)C(C(=O)NC2CCC(Br)CC2)C1(C)C. The third-order valence-electron chi connectivity index (χ3n) is 5.29. The summed E-state index contributed by atoms with van der Waals surface area (Å²) in [6, 6.07) is 0.406. The van der Waals surface area contributed by atoms with Crippen molar-refractivity contribution >= 4 is 21.8 Å². The van der Waals surface area contributed by atoms with Crippen LogP contribution in [-0.2, 0) is 4.79 Å². The second-order valence-electron chi connectivity index (χ2n) is 6.83. The van der Waals surface area contributed by atoms with Crippen molar-refractivity contribution in [2.75, 3.05) is 0 Å². The zero-order chi connectivity index (χ0) is 12.8. The predicted molar refractivity (Wildman–Crippen MR) is 74.2 cm³/mol. The highest BCUT2D eigenvalue weighted by molar-refractivity contribution is 9.09. The third-order valence-corrected chi connectivity index (χ3v) is 6.20. The number of halogens is 1. The van der Waals surface area contributed by atoms with Crippen LogP contribution >= 0.6 is 15.9 Å². The van der Waals surface area contributed by atoms with Crippen LogP contribution in [0.1, 0.15) is 53.4 Å². The van der Waals surface area contributed by atoms with Gasteiger partial charge in [-0.05, 0) is 36.5 Å². The van der Waals surface area contributed by atoms with Gasteiger partial charge < -0.3 is 5.32 Å². The molecule has 0 spiro atoms. The van der Waals surface area contributed by atoms with Gasteiger partial charge in [0.1, 0.15) is 0 Å². The minimum Gasteiger partial charge on any atom is -0.353 e. The van der Waals surface area contributed by atoms with Gasteiger partial charge in [0.2, 0.25) is 5.91 Å². The van der Waals surface area contributed by atoms with Crippen molar-refractivity contribution in [3.05, 3.63) is 0 Å². The van der Waals surface area contributed by atoms with Crippen LogP contribution in [0.3, 0.4) is 0 Å². The largest absolute Gasteiger partial charge is 0.353 e. The zero-order valence-electron chi connectivity index (χ0n) is 11.3. The maximum absolute atomic E-state index is 12.3. The van der Waals surface area contributed by atoms with Crippen LogP contribution in [0.15, 0.2) is 0 Å². The number of amides is 1. The van der Waals surface area contributed by atoms with E-state index in [2.05, 4.69) is 48.9 Å². The van der Waals surface area contributed by atoms with Gasteiger partial charge in [-0.25, -0.2) is 0 Å². The topological polar surface area (TPSA) is 29.1 Å². The van der Waals surface area contributed by atoms with Crippen LogP contribution in [0.4, 0.5) is 0 Å². The molecule has 2 aliphatic carbocycles. The fraction of sp³-hybridized carbons (Fsp3) is 0.929. The first-order chi connectivity index (χ1) is 7.76. The summed E-state index contributed by atoms with van der Waals surface area (Å²) in [6.45, 7) is 8.80. The van der Waals surface area contributed by atoms with Crippen LogP contribution < -0.4 is 5.32 Å². The molecule has 2 fully saturated rings. The number of rotatable bonds is 2. The summed E-state index contributed by atoms with van der Waals surface area (Å²) < 4.78 is 0. The van der Waals surface area contributed by atoms with Crippen molar-refractivity contribution < 1.29 is 4.79 Å². The maximum atomic E-state index is 12.3. The van der Waals surface area contributed by atoms with Gasteiger partial charge in [0.05, 0.1) is 0 Å². The van der Waals surface area contributed by atoms with Crippen LogP contribution in [0.2, 0.25) is 0 Å². The molecule has 0 aromatic rings. The summed E-state index contributed by atoms with van der Waals surface area (Å²) >= 11 is 3.65. The van der Waals surface area contributed by atoms with Gasteiger partial charge in [0, 0.05) is 16.8 Å². The molecule has 0 radical (unpaired) electrons. The van der Waals surface area contributed by atoms with E-state index in [1.165, 1.54) is 12.8 Å². The summed E-state index contributed by atoms with van der Waals surface area (Å²) in [5.74, 6) is 0.467. The highest BCUT2D eigenvalue weighted by atomic mass is 79.9. The van der Waals surface area contributed by atoms with Gasteiger partial charge >= 0.3 is 0 Å². The number of carbonyl (C=O) groups excluding carboxylic acids is 1. The summed E-state index contributed by atoms with van der Waals surface area (Å²) in [6.07, 6.45) is 4.61. The number of carbonyl (C=O) groups is 1. The van der Waals surface area contributed by atoms with Crippen LogP contribution in [0.5, 0.6) is 0 Å². The molecule has 2 aliphatic rings. The molecule has 0 heterocycles. The normalized spacial score (nSPS) is 35.4. The summed E-state index contributed by atoms with van der Waals surface area (Å²) in [5.41, 5.74) is 0.313. The van der Waals surface area contributed by atoms with Crippen molar-refractivity contribution in [3.8, 4) is 0 Å². The van der Waals surface area contributed by atoms with E-state index in [1.807, 2.05) is 0 Å². The van der Waals surface area contributed by atoms with E-state index in [4.69, 9.17) is 0 Å². The Morgan fingerprint density at radius 3 is 1.94 bits per heavy atom. The fourth-order valence-electron chi connectivity index (χ4n) is 3.33. The van der Waals surface area contributed by atoms with E-state index >= 15 is 0 Å². The molecule has 0 aliphatic heterocycles. The maximum Gasteiger partial charge on any atom is 0.224 e. The summed E-state index contributed by atoms with van der Waals surface area (Å²) in [4.78, 5) is 12.9. The molecule has 0 aromatic carbocycles. The Balaban J connectivity index is 1.87. The first kappa shape index (κ1) is 13.4. The van der Waals surface area contributed by atoms with Crippen LogP contribution in [0.25, 0.3) is 0 Å². The van der Waals surface area contributed by atoms with E-state index in [0.29, 0.717) is 10.9 Å². The van der Waals surface area contributed by atoms with Crippen molar-refractivity contribution in [3.63, 3.8) is 0 Å². The quantitative estimate of drug-likeness (QED) is 0.777.